The second kappa shape index (κ2) is 10.6. The number of hydrazone groups is 1. The predicted octanol–water partition coefficient (Wildman–Crippen LogP) is 1.34. The Hall–Kier alpha value is -2.12. The summed E-state index contributed by atoms with van der Waals surface area (Å²) in [5.74, 6) is -1.01. The monoisotopic (exact) mass is 341 g/mol. The van der Waals surface area contributed by atoms with Gasteiger partial charge in [0.1, 0.15) is 5.75 Å². The minimum atomic E-state index is -0.837. The second-order valence-electron chi connectivity index (χ2n) is 4.42. The Bertz CT molecular complexity index is 564. The van der Waals surface area contributed by atoms with Crippen molar-refractivity contribution in [2.45, 2.75) is 13.3 Å². The van der Waals surface area contributed by atoms with E-state index in [1.807, 2.05) is 6.92 Å². The van der Waals surface area contributed by atoms with Crippen molar-refractivity contribution in [1.82, 2.24) is 10.7 Å². The molecule has 7 nitrogen and oxygen atoms in total. The highest BCUT2D eigenvalue weighted by Gasteiger charge is 2.11. The Kier molecular flexibility index (Phi) is 8.71. The van der Waals surface area contributed by atoms with Gasteiger partial charge in [-0.3, -0.25) is 9.59 Å². The van der Waals surface area contributed by atoms with Gasteiger partial charge in [-0.25, -0.2) is 5.43 Å². The molecule has 2 N–H and O–H groups in total. The lowest BCUT2D eigenvalue weighted by atomic mass is 10.2. The lowest BCUT2D eigenvalue weighted by Gasteiger charge is -2.05. The number of carbonyl (C=O) groups is 2. The molecule has 0 aliphatic rings. The number of methoxy groups -OCH3 is 1. The molecule has 0 atom stereocenters. The van der Waals surface area contributed by atoms with Crippen LogP contribution in [0.25, 0.3) is 0 Å². The Morgan fingerprint density at radius 2 is 2.13 bits per heavy atom. The summed E-state index contributed by atoms with van der Waals surface area (Å²) in [7, 11) is 1.57. The van der Waals surface area contributed by atoms with E-state index >= 15 is 0 Å². The number of nitrogens with one attached hydrogen (secondary N) is 2. The summed E-state index contributed by atoms with van der Waals surface area (Å²) in [6.07, 6.45) is 2.02. The molecule has 0 heterocycles. The van der Waals surface area contributed by atoms with Crippen LogP contribution in [0.3, 0.4) is 0 Å². The molecule has 0 aromatic heterocycles. The van der Waals surface area contributed by atoms with Gasteiger partial charge >= 0.3 is 11.8 Å². The van der Waals surface area contributed by atoms with Gasteiger partial charge in [0.15, 0.2) is 0 Å². The molecule has 0 aliphatic carbocycles. The standard InChI is InChI=1S/C15H20ClN3O4/c1-3-23-13-6-5-11(9-12(13)16)10-18-19-15(21)14(20)17-7-4-8-22-2/h5-6,9-10H,3-4,7-8H2,1-2H3,(H,17,20)(H,19,21)/b18-10-. The molecular formula is C15H20ClN3O4. The van der Waals surface area contributed by atoms with Crippen molar-refractivity contribution in [2.24, 2.45) is 5.10 Å². The minimum absolute atomic E-state index is 0.359. The van der Waals surface area contributed by atoms with Crippen molar-refractivity contribution >= 4 is 29.6 Å². The summed E-state index contributed by atoms with van der Waals surface area (Å²) in [5.41, 5.74) is 2.81. The molecule has 0 unspecified atom stereocenters. The van der Waals surface area contributed by atoms with E-state index in [1.54, 1.807) is 25.3 Å². The maximum atomic E-state index is 11.5. The van der Waals surface area contributed by atoms with Crippen molar-refractivity contribution in [3.8, 4) is 5.75 Å². The molecule has 0 saturated carbocycles. The quantitative estimate of drug-likeness (QED) is 0.323. The number of nitrogens with zero attached hydrogens (tertiary/aromatic N) is 1. The lowest BCUT2D eigenvalue weighted by molar-refractivity contribution is -0.139. The van der Waals surface area contributed by atoms with Gasteiger partial charge in [0, 0.05) is 20.3 Å². The smallest absolute Gasteiger partial charge is 0.329 e. The topological polar surface area (TPSA) is 89.0 Å². The first kappa shape index (κ1) is 18.9. The third-order valence-electron chi connectivity index (χ3n) is 2.65. The van der Waals surface area contributed by atoms with E-state index in [0.717, 1.165) is 0 Å². The zero-order valence-corrected chi connectivity index (χ0v) is 13.9. The molecule has 0 fully saturated rings. The molecule has 1 rings (SSSR count). The Morgan fingerprint density at radius 3 is 2.78 bits per heavy atom. The van der Waals surface area contributed by atoms with E-state index in [2.05, 4.69) is 15.8 Å². The number of halogens is 1. The fourth-order valence-electron chi connectivity index (χ4n) is 1.58. The largest absolute Gasteiger partial charge is 0.492 e. The van der Waals surface area contributed by atoms with Gasteiger partial charge in [0.25, 0.3) is 0 Å². The van der Waals surface area contributed by atoms with E-state index < -0.39 is 11.8 Å². The minimum Gasteiger partial charge on any atom is -0.492 e. The molecule has 126 valence electrons. The first-order valence-corrected chi connectivity index (χ1v) is 7.48. The summed E-state index contributed by atoms with van der Waals surface area (Å²) < 4.78 is 10.1. The van der Waals surface area contributed by atoms with Crippen LogP contribution in [0.15, 0.2) is 23.3 Å². The fraction of sp³-hybridized carbons (Fsp3) is 0.400. The molecule has 1 aromatic rings. The van der Waals surface area contributed by atoms with Crippen molar-refractivity contribution in [3.63, 3.8) is 0 Å². The van der Waals surface area contributed by atoms with E-state index in [-0.39, 0.29) is 0 Å². The van der Waals surface area contributed by atoms with E-state index in [9.17, 15) is 9.59 Å². The third kappa shape index (κ3) is 7.12. The van der Waals surface area contributed by atoms with Gasteiger partial charge in [0.05, 0.1) is 17.8 Å². The van der Waals surface area contributed by atoms with Crippen LogP contribution < -0.4 is 15.5 Å². The summed E-state index contributed by atoms with van der Waals surface area (Å²) in [6.45, 7) is 3.25. The van der Waals surface area contributed by atoms with Gasteiger partial charge in [0.2, 0.25) is 0 Å². The maximum Gasteiger partial charge on any atom is 0.329 e. The van der Waals surface area contributed by atoms with E-state index in [1.165, 1.54) is 6.21 Å². The van der Waals surface area contributed by atoms with Crippen LogP contribution in [0.2, 0.25) is 5.02 Å². The summed E-state index contributed by atoms with van der Waals surface area (Å²) >= 11 is 6.03. The average molecular weight is 342 g/mol. The average Bonchev–Trinajstić information content (AvgIpc) is 2.54. The van der Waals surface area contributed by atoms with Crippen molar-refractivity contribution < 1.29 is 19.1 Å². The first-order chi connectivity index (χ1) is 11.1. The van der Waals surface area contributed by atoms with E-state index in [0.29, 0.717) is 42.5 Å². The van der Waals surface area contributed by atoms with Crippen molar-refractivity contribution in [1.29, 1.82) is 0 Å². The van der Waals surface area contributed by atoms with Crippen LogP contribution >= 0.6 is 11.6 Å². The SMILES string of the molecule is CCOc1ccc(/C=N\NC(=O)C(=O)NCCCOC)cc1Cl. The first-order valence-electron chi connectivity index (χ1n) is 7.11. The van der Waals surface area contributed by atoms with Gasteiger partial charge in [-0.1, -0.05) is 11.6 Å². The van der Waals surface area contributed by atoms with Crippen LogP contribution in [-0.2, 0) is 14.3 Å². The summed E-state index contributed by atoms with van der Waals surface area (Å²) in [6, 6.07) is 5.09. The zero-order valence-electron chi connectivity index (χ0n) is 13.1. The summed E-state index contributed by atoms with van der Waals surface area (Å²) in [5, 5.41) is 6.61. The molecular weight excluding hydrogens is 322 g/mol. The lowest BCUT2D eigenvalue weighted by Crippen LogP contribution is -2.38. The molecule has 23 heavy (non-hydrogen) atoms. The molecule has 0 spiro atoms. The number of amides is 2. The zero-order chi connectivity index (χ0) is 17.1. The number of carbonyl (C=O) groups excluding carboxylic acids is 2. The highest BCUT2D eigenvalue weighted by atomic mass is 35.5. The molecule has 2 amide bonds. The molecule has 0 bridgehead atoms. The number of hydrogen-bond donors (Lipinski definition) is 2. The fourth-order valence-corrected chi connectivity index (χ4v) is 1.83. The predicted molar refractivity (Wildman–Crippen MR) is 87.9 cm³/mol. The van der Waals surface area contributed by atoms with Crippen LogP contribution in [0, 0.1) is 0 Å². The molecule has 8 heteroatoms. The van der Waals surface area contributed by atoms with Gasteiger partial charge in [-0.15, -0.1) is 0 Å². The highest BCUT2D eigenvalue weighted by Crippen LogP contribution is 2.24. The van der Waals surface area contributed by atoms with Crippen LogP contribution in [0.5, 0.6) is 5.75 Å². The number of hydrogen-bond acceptors (Lipinski definition) is 5. The Balaban J connectivity index is 2.44. The van der Waals surface area contributed by atoms with Crippen molar-refractivity contribution in [2.75, 3.05) is 26.9 Å². The van der Waals surface area contributed by atoms with Crippen LogP contribution in [0.4, 0.5) is 0 Å². The summed E-state index contributed by atoms with van der Waals surface area (Å²) in [4.78, 5) is 22.9. The second-order valence-corrected chi connectivity index (χ2v) is 4.83. The van der Waals surface area contributed by atoms with Crippen LogP contribution in [-0.4, -0.2) is 44.9 Å². The molecule has 1 aromatic carbocycles. The molecule has 0 radical (unpaired) electrons. The van der Waals surface area contributed by atoms with Crippen molar-refractivity contribution in [3.05, 3.63) is 28.8 Å². The van der Waals surface area contributed by atoms with E-state index in [4.69, 9.17) is 21.1 Å². The van der Waals surface area contributed by atoms with Gasteiger partial charge in [-0.05, 0) is 37.1 Å². The van der Waals surface area contributed by atoms with Gasteiger partial charge in [-0.2, -0.15) is 5.10 Å². The van der Waals surface area contributed by atoms with Gasteiger partial charge < -0.3 is 14.8 Å². The normalized spacial score (nSPS) is 10.6. The van der Waals surface area contributed by atoms with Crippen LogP contribution in [0.1, 0.15) is 18.9 Å². The highest BCUT2D eigenvalue weighted by molar-refractivity contribution is 6.35. The third-order valence-corrected chi connectivity index (χ3v) is 2.95. The Morgan fingerprint density at radius 1 is 1.35 bits per heavy atom. The molecule has 0 aliphatic heterocycles. The maximum absolute atomic E-state index is 11.5. The molecule has 0 saturated heterocycles. The number of rotatable bonds is 8. The number of ether oxygens (including phenoxy) is 2. The Labute approximate surface area is 140 Å². The number of benzene rings is 1.